The van der Waals surface area contributed by atoms with E-state index in [1.54, 1.807) is 18.2 Å². The maximum Gasteiger partial charge on any atom is 0.330 e. The van der Waals surface area contributed by atoms with Gasteiger partial charge in [-0.2, -0.15) is 0 Å². The first-order valence-corrected chi connectivity index (χ1v) is 6.46. The Morgan fingerprint density at radius 3 is 2.84 bits per heavy atom. The topological polar surface area (TPSA) is 35.5 Å². The average Bonchev–Trinajstić information content (AvgIpc) is 2.45. The second-order valence-electron chi connectivity index (χ2n) is 4.50. The lowest BCUT2D eigenvalue weighted by atomic mass is 10.1. The molecule has 1 unspecified atom stereocenters. The zero-order chi connectivity index (χ0) is 13.5. The molecule has 0 aromatic heterocycles. The monoisotopic (exact) mass is 264 g/mol. The summed E-state index contributed by atoms with van der Waals surface area (Å²) >= 11 is 0. The number of carbonyl (C=O) groups excluding carboxylic acids is 1. The number of esters is 1. The molecule has 0 bridgehead atoms. The average molecular weight is 264 g/mol. The van der Waals surface area contributed by atoms with E-state index in [1.165, 1.54) is 18.2 Å². The Labute approximate surface area is 112 Å². The SMILES string of the molecule is O=C(C=Cc1ccc(F)cc1)OCC1CCCCO1. The van der Waals surface area contributed by atoms with E-state index in [0.717, 1.165) is 31.4 Å². The van der Waals surface area contributed by atoms with Gasteiger partial charge in [0.15, 0.2) is 0 Å². The molecular formula is C15H17FO3. The van der Waals surface area contributed by atoms with Gasteiger partial charge in [-0.25, -0.2) is 9.18 Å². The van der Waals surface area contributed by atoms with Crippen molar-refractivity contribution in [3.63, 3.8) is 0 Å². The van der Waals surface area contributed by atoms with Crippen molar-refractivity contribution in [2.45, 2.75) is 25.4 Å². The molecular weight excluding hydrogens is 247 g/mol. The maximum atomic E-state index is 12.7. The third-order valence-electron chi connectivity index (χ3n) is 2.97. The summed E-state index contributed by atoms with van der Waals surface area (Å²) in [6.07, 6.45) is 6.11. The van der Waals surface area contributed by atoms with E-state index in [0.29, 0.717) is 6.61 Å². The molecule has 1 aliphatic heterocycles. The molecule has 2 rings (SSSR count). The molecule has 0 spiro atoms. The lowest BCUT2D eigenvalue weighted by molar-refractivity contribution is -0.143. The molecule has 1 saturated heterocycles. The first kappa shape index (κ1) is 13.7. The second kappa shape index (κ2) is 7.04. The lowest BCUT2D eigenvalue weighted by Gasteiger charge is -2.21. The van der Waals surface area contributed by atoms with Gasteiger partial charge in [-0.05, 0) is 43.0 Å². The van der Waals surface area contributed by atoms with Gasteiger partial charge in [0.05, 0.1) is 6.10 Å². The van der Waals surface area contributed by atoms with Crippen LogP contribution in [0.2, 0.25) is 0 Å². The summed E-state index contributed by atoms with van der Waals surface area (Å²) in [6.45, 7) is 1.04. The summed E-state index contributed by atoms with van der Waals surface area (Å²) in [5, 5.41) is 0. The zero-order valence-corrected chi connectivity index (χ0v) is 10.7. The largest absolute Gasteiger partial charge is 0.460 e. The van der Waals surface area contributed by atoms with E-state index in [9.17, 15) is 9.18 Å². The van der Waals surface area contributed by atoms with Crippen LogP contribution in [0.4, 0.5) is 4.39 Å². The quantitative estimate of drug-likeness (QED) is 0.619. The third kappa shape index (κ3) is 4.83. The minimum atomic E-state index is -0.404. The molecule has 1 aromatic rings. The highest BCUT2D eigenvalue weighted by molar-refractivity contribution is 5.87. The first-order valence-electron chi connectivity index (χ1n) is 6.46. The summed E-state index contributed by atoms with van der Waals surface area (Å²) in [5.74, 6) is -0.701. The summed E-state index contributed by atoms with van der Waals surface area (Å²) in [5.41, 5.74) is 0.757. The van der Waals surface area contributed by atoms with Gasteiger partial charge < -0.3 is 9.47 Å². The van der Waals surface area contributed by atoms with Crippen LogP contribution in [-0.2, 0) is 14.3 Å². The summed E-state index contributed by atoms with van der Waals surface area (Å²) in [6, 6.07) is 5.90. The van der Waals surface area contributed by atoms with Crippen LogP contribution in [0, 0.1) is 5.82 Å². The highest BCUT2D eigenvalue weighted by Crippen LogP contribution is 2.13. The summed E-state index contributed by atoms with van der Waals surface area (Å²) in [4.78, 5) is 11.5. The zero-order valence-electron chi connectivity index (χ0n) is 10.7. The first-order chi connectivity index (χ1) is 9.24. The Balaban J connectivity index is 1.75. The number of hydrogen-bond acceptors (Lipinski definition) is 3. The minimum absolute atomic E-state index is 0.0249. The maximum absolute atomic E-state index is 12.7. The van der Waals surface area contributed by atoms with Crippen molar-refractivity contribution in [3.05, 3.63) is 41.7 Å². The Kier molecular flexibility index (Phi) is 5.10. The molecule has 1 aromatic carbocycles. The lowest BCUT2D eigenvalue weighted by Crippen LogP contribution is -2.25. The van der Waals surface area contributed by atoms with Crippen LogP contribution in [0.3, 0.4) is 0 Å². The molecule has 0 saturated carbocycles. The second-order valence-corrected chi connectivity index (χ2v) is 4.50. The molecule has 1 aliphatic rings. The highest BCUT2D eigenvalue weighted by Gasteiger charge is 2.14. The van der Waals surface area contributed by atoms with Gasteiger partial charge in [0.2, 0.25) is 0 Å². The Morgan fingerprint density at radius 1 is 1.37 bits per heavy atom. The number of rotatable bonds is 4. The van der Waals surface area contributed by atoms with E-state index in [4.69, 9.17) is 9.47 Å². The van der Waals surface area contributed by atoms with E-state index in [1.807, 2.05) is 0 Å². The fraction of sp³-hybridized carbons (Fsp3) is 0.400. The third-order valence-corrected chi connectivity index (χ3v) is 2.97. The van der Waals surface area contributed by atoms with Crippen molar-refractivity contribution in [1.82, 2.24) is 0 Å². The normalized spacial score (nSPS) is 19.5. The van der Waals surface area contributed by atoms with Crippen molar-refractivity contribution in [1.29, 1.82) is 0 Å². The van der Waals surface area contributed by atoms with Crippen molar-refractivity contribution >= 4 is 12.0 Å². The van der Waals surface area contributed by atoms with Crippen molar-refractivity contribution < 1.29 is 18.7 Å². The van der Waals surface area contributed by atoms with E-state index in [2.05, 4.69) is 0 Å². The number of benzene rings is 1. The highest BCUT2D eigenvalue weighted by atomic mass is 19.1. The van der Waals surface area contributed by atoms with Gasteiger partial charge in [0, 0.05) is 12.7 Å². The predicted molar refractivity (Wildman–Crippen MR) is 70.0 cm³/mol. The van der Waals surface area contributed by atoms with Crippen molar-refractivity contribution in [2.24, 2.45) is 0 Å². The molecule has 0 radical (unpaired) electrons. The summed E-state index contributed by atoms with van der Waals surface area (Å²) in [7, 11) is 0. The Hall–Kier alpha value is -1.68. The molecule has 0 aliphatic carbocycles. The predicted octanol–water partition coefficient (Wildman–Crippen LogP) is 2.95. The molecule has 0 N–H and O–H groups in total. The fourth-order valence-electron chi connectivity index (χ4n) is 1.90. The van der Waals surface area contributed by atoms with Crippen LogP contribution in [0.5, 0.6) is 0 Å². The van der Waals surface area contributed by atoms with Crippen LogP contribution >= 0.6 is 0 Å². The molecule has 1 heterocycles. The van der Waals surface area contributed by atoms with Gasteiger partial charge in [-0.15, -0.1) is 0 Å². The van der Waals surface area contributed by atoms with E-state index < -0.39 is 5.97 Å². The molecule has 19 heavy (non-hydrogen) atoms. The van der Waals surface area contributed by atoms with Crippen molar-refractivity contribution in [2.75, 3.05) is 13.2 Å². The van der Waals surface area contributed by atoms with Gasteiger partial charge in [0.1, 0.15) is 12.4 Å². The number of halogens is 1. The van der Waals surface area contributed by atoms with E-state index >= 15 is 0 Å². The smallest absolute Gasteiger partial charge is 0.330 e. The number of hydrogen-bond donors (Lipinski definition) is 0. The van der Waals surface area contributed by atoms with Gasteiger partial charge in [-0.3, -0.25) is 0 Å². The van der Waals surface area contributed by atoms with Crippen LogP contribution < -0.4 is 0 Å². The van der Waals surface area contributed by atoms with Gasteiger partial charge in [0.25, 0.3) is 0 Å². The van der Waals surface area contributed by atoms with Gasteiger partial charge in [-0.1, -0.05) is 12.1 Å². The van der Waals surface area contributed by atoms with Crippen LogP contribution in [0.15, 0.2) is 30.3 Å². The minimum Gasteiger partial charge on any atom is -0.460 e. The van der Waals surface area contributed by atoms with E-state index in [-0.39, 0.29) is 11.9 Å². The van der Waals surface area contributed by atoms with Crippen LogP contribution in [0.1, 0.15) is 24.8 Å². The molecule has 4 heteroatoms. The molecule has 102 valence electrons. The Morgan fingerprint density at radius 2 is 2.16 bits per heavy atom. The number of ether oxygens (including phenoxy) is 2. The number of carbonyl (C=O) groups is 1. The van der Waals surface area contributed by atoms with Crippen molar-refractivity contribution in [3.8, 4) is 0 Å². The molecule has 0 amide bonds. The molecule has 1 fully saturated rings. The Bertz CT molecular complexity index is 433. The van der Waals surface area contributed by atoms with Crippen LogP contribution in [-0.4, -0.2) is 25.3 Å². The summed E-state index contributed by atoms with van der Waals surface area (Å²) < 4.78 is 23.2. The van der Waals surface area contributed by atoms with Crippen LogP contribution in [0.25, 0.3) is 6.08 Å². The molecule has 3 nitrogen and oxygen atoms in total. The molecule has 1 atom stereocenters. The fourth-order valence-corrected chi connectivity index (χ4v) is 1.90. The van der Waals surface area contributed by atoms with Gasteiger partial charge >= 0.3 is 5.97 Å². The standard InChI is InChI=1S/C15H17FO3/c16-13-7-4-12(5-8-13)6-9-15(17)19-11-14-3-1-2-10-18-14/h4-9,14H,1-3,10-11H2.